The molecule has 0 bridgehead atoms. The highest BCUT2D eigenvalue weighted by Crippen LogP contribution is 2.30. The summed E-state index contributed by atoms with van der Waals surface area (Å²) in [5, 5.41) is 11.2. The minimum Gasteiger partial charge on any atom is -0.306 e. The predicted molar refractivity (Wildman–Crippen MR) is 108 cm³/mol. The quantitative estimate of drug-likeness (QED) is 0.510. The summed E-state index contributed by atoms with van der Waals surface area (Å²) in [4.78, 5) is 16.4. The molecule has 0 aliphatic carbocycles. The first kappa shape index (κ1) is 18.8. The van der Waals surface area contributed by atoms with Crippen molar-refractivity contribution in [2.75, 3.05) is 5.32 Å². The average molecular weight is 408 g/mol. The molecule has 0 atom stereocenters. The van der Waals surface area contributed by atoms with Crippen LogP contribution in [-0.2, 0) is 0 Å². The number of aryl methyl sites for hydroxylation is 1. The van der Waals surface area contributed by atoms with Crippen molar-refractivity contribution in [2.45, 2.75) is 6.92 Å². The Kier molecular flexibility index (Phi) is 5.09. The number of benzene rings is 2. The first-order valence-electron chi connectivity index (χ1n) is 8.62. The number of carbonyl (C=O) groups excluding carboxylic acids is 1. The number of halogens is 2. The van der Waals surface area contributed by atoms with Gasteiger partial charge in [-0.25, -0.2) is 13.8 Å². The van der Waals surface area contributed by atoms with Gasteiger partial charge in [-0.2, -0.15) is 0 Å². The maximum Gasteiger partial charge on any atom is 0.262 e. The minimum atomic E-state index is -0.928. The van der Waals surface area contributed by atoms with E-state index in [0.717, 1.165) is 39.4 Å². The van der Waals surface area contributed by atoms with Gasteiger partial charge in [0.2, 0.25) is 0 Å². The van der Waals surface area contributed by atoms with E-state index in [1.54, 1.807) is 23.8 Å². The third-order valence-electron chi connectivity index (χ3n) is 4.35. The van der Waals surface area contributed by atoms with E-state index in [4.69, 9.17) is 0 Å². The minimum absolute atomic E-state index is 0.194. The first-order chi connectivity index (χ1) is 14.0. The average Bonchev–Trinajstić information content (AvgIpc) is 3.24. The molecule has 1 N–H and O–H groups in total. The maximum absolute atomic E-state index is 13.8. The number of carbonyl (C=O) groups is 1. The molecule has 4 aromatic rings. The highest BCUT2D eigenvalue weighted by Gasteiger charge is 2.17. The van der Waals surface area contributed by atoms with Crippen molar-refractivity contribution in [3.63, 3.8) is 0 Å². The molecule has 0 aliphatic heterocycles. The van der Waals surface area contributed by atoms with Gasteiger partial charge in [-0.15, -0.1) is 10.2 Å². The molecular formula is C21H14F2N4OS. The molecule has 1 amide bonds. The van der Waals surface area contributed by atoms with Gasteiger partial charge >= 0.3 is 0 Å². The number of nitrogens with one attached hydrogen (secondary N) is 1. The number of amides is 1. The third kappa shape index (κ3) is 3.88. The highest BCUT2D eigenvalue weighted by atomic mass is 32.1. The van der Waals surface area contributed by atoms with E-state index in [9.17, 15) is 13.6 Å². The first-order valence-corrected chi connectivity index (χ1v) is 9.50. The molecule has 0 fully saturated rings. The van der Waals surface area contributed by atoms with E-state index in [1.807, 2.05) is 25.1 Å². The lowest BCUT2D eigenvalue weighted by Gasteiger charge is -2.10. The van der Waals surface area contributed by atoms with E-state index in [1.165, 1.54) is 17.4 Å². The normalized spacial score (nSPS) is 10.7. The summed E-state index contributed by atoms with van der Waals surface area (Å²) in [6.07, 6.45) is 1.60. The SMILES string of the molecule is Cc1ccc(-c2nncs2)cc1-c1ccc(NC(=O)c2c(F)cccc2F)nc1. The third-order valence-corrected chi connectivity index (χ3v) is 5.09. The molecule has 0 aliphatic rings. The van der Waals surface area contributed by atoms with Crippen LogP contribution in [0, 0.1) is 18.6 Å². The van der Waals surface area contributed by atoms with Gasteiger partial charge in [0, 0.05) is 17.3 Å². The summed E-state index contributed by atoms with van der Waals surface area (Å²) in [5.41, 5.74) is 4.82. The van der Waals surface area contributed by atoms with E-state index >= 15 is 0 Å². The topological polar surface area (TPSA) is 67.8 Å². The van der Waals surface area contributed by atoms with Crippen LogP contribution < -0.4 is 5.32 Å². The molecule has 4 rings (SSSR count). The number of hydrogen-bond donors (Lipinski definition) is 1. The number of pyridine rings is 1. The molecule has 2 aromatic carbocycles. The molecule has 8 heteroatoms. The molecule has 0 unspecified atom stereocenters. The van der Waals surface area contributed by atoms with Crippen LogP contribution in [0.4, 0.5) is 14.6 Å². The van der Waals surface area contributed by atoms with Gasteiger partial charge < -0.3 is 5.32 Å². The van der Waals surface area contributed by atoms with E-state index < -0.39 is 23.1 Å². The van der Waals surface area contributed by atoms with Gasteiger partial charge in [0.25, 0.3) is 5.91 Å². The predicted octanol–water partition coefficient (Wildman–Crippen LogP) is 5.11. The number of aromatic nitrogens is 3. The van der Waals surface area contributed by atoms with Crippen molar-refractivity contribution in [2.24, 2.45) is 0 Å². The smallest absolute Gasteiger partial charge is 0.262 e. The summed E-state index contributed by atoms with van der Waals surface area (Å²) < 4.78 is 27.5. The van der Waals surface area contributed by atoms with Crippen LogP contribution in [0.2, 0.25) is 0 Å². The monoisotopic (exact) mass is 408 g/mol. The van der Waals surface area contributed by atoms with Gasteiger partial charge in [0.1, 0.15) is 33.5 Å². The largest absolute Gasteiger partial charge is 0.306 e. The summed E-state index contributed by atoms with van der Waals surface area (Å²) in [6, 6.07) is 12.6. The van der Waals surface area contributed by atoms with Gasteiger partial charge in [-0.3, -0.25) is 4.79 Å². The number of anilines is 1. The highest BCUT2D eigenvalue weighted by molar-refractivity contribution is 7.12. The second-order valence-electron chi connectivity index (χ2n) is 6.26. The van der Waals surface area contributed by atoms with Crippen LogP contribution in [0.5, 0.6) is 0 Å². The Morgan fingerprint density at radius 1 is 1.03 bits per heavy atom. The van der Waals surface area contributed by atoms with Crippen molar-refractivity contribution in [3.8, 4) is 21.7 Å². The fourth-order valence-corrected chi connectivity index (χ4v) is 3.44. The molecule has 0 saturated heterocycles. The summed E-state index contributed by atoms with van der Waals surface area (Å²) in [6.45, 7) is 1.98. The Morgan fingerprint density at radius 2 is 1.79 bits per heavy atom. The Labute approximate surface area is 169 Å². The molecule has 0 saturated carbocycles. The van der Waals surface area contributed by atoms with Crippen LogP contribution in [0.15, 0.2) is 60.2 Å². The molecule has 2 aromatic heterocycles. The summed E-state index contributed by atoms with van der Waals surface area (Å²) in [5.74, 6) is -2.55. The van der Waals surface area contributed by atoms with Gasteiger partial charge in [-0.05, 0) is 48.4 Å². The van der Waals surface area contributed by atoms with Crippen LogP contribution in [-0.4, -0.2) is 21.1 Å². The number of hydrogen-bond acceptors (Lipinski definition) is 5. The Hall–Kier alpha value is -3.52. The van der Waals surface area contributed by atoms with E-state index in [0.29, 0.717) is 0 Å². The molecule has 5 nitrogen and oxygen atoms in total. The lowest BCUT2D eigenvalue weighted by atomic mass is 9.99. The fourth-order valence-electron chi connectivity index (χ4n) is 2.89. The second kappa shape index (κ2) is 7.84. The Morgan fingerprint density at radius 3 is 2.45 bits per heavy atom. The molecular weight excluding hydrogens is 394 g/mol. The molecule has 2 heterocycles. The summed E-state index contributed by atoms with van der Waals surface area (Å²) >= 11 is 1.45. The van der Waals surface area contributed by atoms with Crippen molar-refractivity contribution in [1.29, 1.82) is 0 Å². The Balaban J connectivity index is 1.59. The molecule has 144 valence electrons. The Bertz CT molecular complexity index is 1160. The lowest BCUT2D eigenvalue weighted by Crippen LogP contribution is -2.16. The number of rotatable bonds is 4. The van der Waals surface area contributed by atoms with Gasteiger partial charge in [-0.1, -0.05) is 29.5 Å². The van der Waals surface area contributed by atoms with Crippen molar-refractivity contribution in [3.05, 3.63) is 83.0 Å². The zero-order valence-corrected chi connectivity index (χ0v) is 16.0. The second-order valence-corrected chi connectivity index (χ2v) is 7.09. The van der Waals surface area contributed by atoms with Crippen LogP contribution in [0.3, 0.4) is 0 Å². The molecule has 0 radical (unpaired) electrons. The van der Waals surface area contributed by atoms with Crippen molar-refractivity contribution in [1.82, 2.24) is 15.2 Å². The molecule has 29 heavy (non-hydrogen) atoms. The molecule has 0 spiro atoms. The van der Waals surface area contributed by atoms with E-state index in [-0.39, 0.29) is 5.82 Å². The fraction of sp³-hybridized carbons (Fsp3) is 0.0476. The zero-order valence-electron chi connectivity index (χ0n) is 15.2. The van der Waals surface area contributed by atoms with Gasteiger partial charge in [0.05, 0.1) is 0 Å². The zero-order chi connectivity index (χ0) is 20.4. The van der Waals surface area contributed by atoms with Gasteiger partial charge in [0.15, 0.2) is 0 Å². The number of nitrogens with zero attached hydrogens (tertiary/aromatic N) is 3. The van der Waals surface area contributed by atoms with E-state index in [2.05, 4.69) is 20.5 Å². The standard InChI is InChI=1S/C21H14F2N4OS/c1-12-5-6-13(21-27-25-11-29-21)9-15(12)14-7-8-18(24-10-14)26-20(28)19-16(22)3-2-4-17(19)23/h2-11H,1H3,(H,24,26,28). The summed E-state index contributed by atoms with van der Waals surface area (Å²) in [7, 11) is 0. The van der Waals surface area contributed by atoms with Crippen LogP contribution in [0.25, 0.3) is 21.7 Å². The van der Waals surface area contributed by atoms with Crippen molar-refractivity contribution < 1.29 is 13.6 Å². The maximum atomic E-state index is 13.8. The van der Waals surface area contributed by atoms with Crippen LogP contribution >= 0.6 is 11.3 Å². The van der Waals surface area contributed by atoms with Crippen molar-refractivity contribution >= 4 is 23.1 Å². The van der Waals surface area contributed by atoms with Crippen LogP contribution in [0.1, 0.15) is 15.9 Å². The lowest BCUT2D eigenvalue weighted by molar-refractivity contribution is 0.101.